The third-order valence-electron chi connectivity index (χ3n) is 2.81. The second kappa shape index (κ2) is 6.81. The molecule has 0 saturated carbocycles. The molecular formula is C14H17N3O3. The van der Waals surface area contributed by atoms with Gasteiger partial charge in [0.15, 0.2) is 5.69 Å². The first kappa shape index (κ1) is 14.2. The number of carbonyl (C=O) groups excluding carboxylic acids is 1. The summed E-state index contributed by atoms with van der Waals surface area (Å²) in [6.07, 6.45) is 4.06. The van der Waals surface area contributed by atoms with Gasteiger partial charge in [0.05, 0.1) is 6.10 Å². The van der Waals surface area contributed by atoms with Crippen LogP contribution in [0.1, 0.15) is 41.3 Å². The zero-order valence-corrected chi connectivity index (χ0v) is 11.2. The maximum absolute atomic E-state index is 11.8. The number of nitrogens with zero attached hydrogens (tertiary/aromatic N) is 2. The molecule has 0 aliphatic carbocycles. The van der Waals surface area contributed by atoms with Crippen molar-refractivity contribution in [3.63, 3.8) is 0 Å². The topological polar surface area (TPSA) is 88.2 Å². The lowest BCUT2D eigenvalue weighted by Gasteiger charge is -2.10. The van der Waals surface area contributed by atoms with Crippen molar-refractivity contribution in [2.24, 2.45) is 0 Å². The summed E-state index contributed by atoms with van der Waals surface area (Å²) in [6.45, 7) is 2.12. The molecule has 2 aromatic rings. The number of rotatable bonds is 6. The number of hydrogen-bond donors (Lipinski definition) is 2. The van der Waals surface area contributed by atoms with Gasteiger partial charge in [-0.25, -0.2) is 0 Å². The number of nitrogens with one attached hydrogen (secondary N) is 1. The second-order valence-electron chi connectivity index (χ2n) is 4.44. The number of pyridine rings is 1. The maximum Gasteiger partial charge on any atom is 0.273 e. The Bertz CT molecular complexity index is 554. The highest BCUT2D eigenvalue weighted by atomic mass is 16.5. The first-order valence-electron chi connectivity index (χ1n) is 6.52. The minimum Gasteiger partial charge on any atom is -0.387 e. The molecule has 0 radical (unpaired) electrons. The van der Waals surface area contributed by atoms with Crippen LogP contribution < -0.4 is 5.32 Å². The number of hydrogen-bond acceptors (Lipinski definition) is 5. The van der Waals surface area contributed by atoms with E-state index in [9.17, 15) is 9.90 Å². The molecule has 0 aliphatic rings. The van der Waals surface area contributed by atoms with Crippen LogP contribution in [0.5, 0.6) is 0 Å². The number of aryl methyl sites for hydroxylation is 1. The average molecular weight is 275 g/mol. The standard InChI is InChI=1S/C14H17N3O3/c1-2-4-11-7-12(17-20-11)14(19)16-9-13(18)10-5-3-6-15-8-10/h3,5-8,13,18H,2,4,9H2,1H3,(H,16,19). The Hall–Kier alpha value is -2.21. The predicted octanol–water partition coefficient (Wildman–Crippen LogP) is 1.49. The Morgan fingerprint density at radius 1 is 1.55 bits per heavy atom. The predicted molar refractivity (Wildman–Crippen MR) is 72.0 cm³/mol. The van der Waals surface area contributed by atoms with Gasteiger partial charge in [0.2, 0.25) is 0 Å². The van der Waals surface area contributed by atoms with Gasteiger partial charge in [0, 0.05) is 37.0 Å². The molecule has 0 saturated heterocycles. The van der Waals surface area contributed by atoms with Crippen LogP contribution in [-0.2, 0) is 6.42 Å². The Morgan fingerprint density at radius 3 is 3.10 bits per heavy atom. The highest BCUT2D eigenvalue weighted by molar-refractivity contribution is 5.92. The molecule has 0 fully saturated rings. The normalized spacial score (nSPS) is 12.1. The molecule has 1 amide bonds. The summed E-state index contributed by atoms with van der Waals surface area (Å²) in [7, 11) is 0. The third kappa shape index (κ3) is 3.64. The Labute approximate surface area is 116 Å². The third-order valence-corrected chi connectivity index (χ3v) is 2.81. The van der Waals surface area contributed by atoms with Crippen molar-refractivity contribution in [1.82, 2.24) is 15.5 Å². The van der Waals surface area contributed by atoms with Gasteiger partial charge in [-0.05, 0) is 12.5 Å². The lowest BCUT2D eigenvalue weighted by molar-refractivity contribution is 0.0907. The fraction of sp³-hybridized carbons (Fsp3) is 0.357. The molecule has 6 heteroatoms. The summed E-state index contributed by atoms with van der Waals surface area (Å²) in [5.74, 6) is 0.324. The van der Waals surface area contributed by atoms with Crippen LogP contribution in [0.4, 0.5) is 0 Å². The summed E-state index contributed by atoms with van der Waals surface area (Å²) in [5.41, 5.74) is 0.881. The molecule has 2 heterocycles. The quantitative estimate of drug-likeness (QED) is 0.833. The second-order valence-corrected chi connectivity index (χ2v) is 4.44. The monoisotopic (exact) mass is 275 g/mol. The van der Waals surface area contributed by atoms with E-state index in [1.54, 1.807) is 30.6 Å². The molecule has 6 nitrogen and oxygen atoms in total. The molecule has 2 aromatic heterocycles. The van der Waals surface area contributed by atoms with Crippen molar-refractivity contribution in [3.05, 3.63) is 47.6 Å². The van der Waals surface area contributed by atoms with Crippen LogP contribution in [0, 0.1) is 0 Å². The molecule has 1 unspecified atom stereocenters. The Kier molecular flexibility index (Phi) is 4.84. The fourth-order valence-electron chi connectivity index (χ4n) is 1.76. The maximum atomic E-state index is 11.8. The van der Waals surface area contributed by atoms with Gasteiger partial charge in [0.1, 0.15) is 5.76 Å². The first-order valence-corrected chi connectivity index (χ1v) is 6.52. The van der Waals surface area contributed by atoms with Crippen molar-refractivity contribution in [1.29, 1.82) is 0 Å². The number of aliphatic hydroxyl groups excluding tert-OH is 1. The average Bonchev–Trinajstić information content (AvgIpc) is 2.94. The molecule has 2 N–H and O–H groups in total. The van der Waals surface area contributed by atoms with E-state index in [2.05, 4.69) is 15.5 Å². The minimum absolute atomic E-state index is 0.0977. The summed E-state index contributed by atoms with van der Waals surface area (Å²) >= 11 is 0. The molecular weight excluding hydrogens is 258 g/mol. The van der Waals surface area contributed by atoms with Gasteiger partial charge >= 0.3 is 0 Å². The van der Waals surface area contributed by atoms with Gasteiger partial charge in [-0.3, -0.25) is 9.78 Å². The van der Waals surface area contributed by atoms with Crippen molar-refractivity contribution in [3.8, 4) is 0 Å². The molecule has 0 spiro atoms. The summed E-state index contributed by atoms with van der Waals surface area (Å²) in [5, 5.41) is 16.2. The number of carbonyl (C=O) groups is 1. The van der Waals surface area contributed by atoms with E-state index < -0.39 is 6.10 Å². The molecule has 2 rings (SSSR count). The van der Waals surface area contributed by atoms with Crippen LogP contribution in [-0.4, -0.2) is 27.7 Å². The van der Waals surface area contributed by atoms with E-state index >= 15 is 0 Å². The number of amides is 1. The minimum atomic E-state index is -0.797. The fourth-order valence-corrected chi connectivity index (χ4v) is 1.76. The smallest absolute Gasteiger partial charge is 0.273 e. The van der Waals surface area contributed by atoms with Crippen molar-refractivity contribution in [2.75, 3.05) is 6.54 Å². The highest BCUT2D eigenvalue weighted by Crippen LogP contribution is 2.10. The Morgan fingerprint density at radius 2 is 2.40 bits per heavy atom. The SMILES string of the molecule is CCCc1cc(C(=O)NCC(O)c2cccnc2)no1. The van der Waals surface area contributed by atoms with Gasteiger partial charge in [0.25, 0.3) is 5.91 Å². The van der Waals surface area contributed by atoms with Crippen molar-refractivity contribution < 1.29 is 14.4 Å². The van der Waals surface area contributed by atoms with E-state index in [4.69, 9.17) is 4.52 Å². The van der Waals surface area contributed by atoms with Crippen LogP contribution in [0.15, 0.2) is 35.1 Å². The van der Waals surface area contributed by atoms with Crippen molar-refractivity contribution >= 4 is 5.91 Å². The lowest BCUT2D eigenvalue weighted by Crippen LogP contribution is -2.28. The van der Waals surface area contributed by atoms with Crippen LogP contribution in [0.3, 0.4) is 0 Å². The summed E-state index contributed by atoms with van der Waals surface area (Å²) < 4.78 is 5.03. The molecule has 106 valence electrons. The highest BCUT2D eigenvalue weighted by Gasteiger charge is 2.14. The van der Waals surface area contributed by atoms with Crippen LogP contribution in [0.25, 0.3) is 0 Å². The molecule has 1 atom stereocenters. The summed E-state index contributed by atoms with van der Waals surface area (Å²) in [6, 6.07) is 5.10. The number of aliphatic hydroxyl groups is 1. The first-order chi connectivity index (χ1) is 9.70. The molecule has 0 aliphatic heterocycles. The molecule has 20 heavy (non-hydrogen) atoms. The largest absolute Gasteiger partial charge is 0.387 e. The van der Waals surface area contributed by atoms with E-state index in [0.717, 1.165) is 12.8 Å². The zero-order valence-electron chi connectivity index (χ0n) is 11.2. The zero-order chi connectivity index (χ0) is 14.4. The van der Waals surface area contributed by atoms with Crippen molar-refractivity contribution in [2.45, 2.75) is 25.9 Å². The van der Waals surface area contributed by atoms with Gasteiger partial charge in [-0.1, -0.05) is 18.1 Å². The number of aromatic nitrogens is 2. The van der Waals surface area contributed by atoms with Gasteiger partial charge < -0.3 is 14.9 Å². The lowest BCUT2D eigenvalue weighted by atomic mass is 10.1. The van der Waals surface area contributed by atoms with Crippen LogP contribution >= 0.6 is 0 Å². The van der Waals surface area contributed by atoms with E-state index in [-0.39, 0.29) is 18.1 Å². The van der Waals surface area contributed by atoms with E-state index in [1.807, 2.05) is 6.92 Å². The van der Waals surface area contributed by atoms with Gasteiger partial charge in [-0.15, -0.1) is 0 Å². The van der Waals surface area contributed by atoms with E-state index in [1.165, 1.54) is 0 Å². The molecule has 0 bridgehead atoms. The van der Waals surface area contributed by atoms with Gasteiger partial charge in [-0.2, -0.15) is 0 Å². The molecule has 0 aromatic carbocycles. The Balaban J connectivity index is 1.88. The van der Waals surface area contributed by atoms with Crippen LogP contribution in [0.2, 0.25) is 0 Å². The van der Waals surface area contributed by atoms with E-state index in [0.29, 0.717) is 11.3 Å². The summed E-state index contributed by atoms with van der Waals surface area (Å²) in [4.78, 5) is 15.8.